The van der Waals surface area contributed by atoms with Gasteiger partial charge in [-0.05, 0) is 64.1 Å². The molecule has 1 aliphatic heterocycles. The van der Waals surface area contributed by atoms with Gasteiger partial charge in [0.05, 0.1) is 0 Å². The van der Waals surface area contributed by atoms with Gasteiger partial charge in [-0.3, -0.25) is 0 Å². The molecule has 1 fully saturated rings. The number of benzene rings is 1. The normalized spacial score (nSPS) is 21.6. The van der Waals surface area contributed by atoms with Crippen LogP contribution in [0, 0.1) is 11.8 Å². The van der Waals surface area contributed by atoms with Crippen molar-refractivity contribution in [2.45, 2.75) is 39.2 Å². The van der Waals surface area contributed by atoms with E-state index in [-0.39, 0.29) is 6.09 Å². The van der Waals surface area contributed by atoms with Crippen molar-refractivity contribution in [3.63, 3.8) is 0 Å². The number of carbonyl (C=O) groups excluding carboxylic acids is 1. The minimum absolute atomic E-state index is 0.318. The molecule has 0 aliphatic carbocycles. The number of carbonyl (C=O) groups is 1. The van der Waals surface area contributed by atoms with Gasteiger partial charge in [0.15, 0.2) is 0 Å². The summed E-state index contributed by atoms with van der Waals surface area (Å²) in [5.41, 5.74) is 0.943. The first kappa shape index (κ1) is 16.8. The number of aryl methyl sites for hydroxylation is 1. The zero-order valence-electron chi connectivity index (χ0n) is 13.9. The molecule has 1 heterocycles. The van der Waals surface area contributed by atoms with E-state index in [1.54, 1.807) is 0 Å². The van der Waals surface area contributed by atoms with Gasteiger partial charge in [0, 0.05) is 6.54 Å². The van der Waals surface area contributed by atoms with Crippen LogP contribution in [-0.4, -0.2) is 31.3 Å². The first-order valence-electron chi connectivity index (χ1n) is 8.15. The van der Waals surface area contributed by atoms with E-state index >= 15 is 0 Å². The topological polar surface area (TPSA) is 50.4 Å². The summed E-state index contributed by atoms with van der Waals surface area (Å²) in [7, 11) is 0. The van der Waals surface area contributed by atoms with E-state index < -0.39 is 5.60 Å². The molecule has 122 valence electrons. The molecule has 4 nitrogen and oxygen atoms in total. The second kappa shape index (κ2) is 7.63. The molecule has 1 aliphatic rings. The Kier molecular flexibility index (Phi) is 5.83. The highest BCUT2D eigenvalue weighted by Gasteiger charge is 2.27. The molecular formula is C18H28N2O2. The number of hydrogen-bond acceptors (Lipinski definition) is 3. The second-order valence-electron chi connectivity index (χ2n) is 7.09. The van der Waals surface area contributed by atoms with E-state index in [1.807, 2.05) is 26.8 Å². The Labute approximate surface area is 133 Å². The Hall–Kier alpha value is -1.55. The smallest absolute Gasteiger partial charge is 0.407 e. The van der Waals surface area contributed by atoms with Gasteiger partial charge in [-0.15, -0.1) is 0 Å². The third-order valence-corrected chi connectivity index (χ3v) is 4.03. The van der Waals surface area contributed by atoms with E-state index in [9.17, 15) is 4.79 Å². The van der Waals surface area contributed by atoms with Crippen LogP contribution in [0.3, 0.4) is 0 Å². The molecule has 2 atom stereocenters. The van der Waals surface area contributed by atoms with Crippen LogP contribution >= 0.6 is 0 Å². The molecule has 2 N–H and O–H groups in total. The van der Waals surface area contributed by atoms with Crippen LogP contribution in [0.15, 0.2) is 30.3 Å². The molecule has 1 saturated heterocycles. The molecule has 22 heavy (non-hydrogen) atoms. The van der Waals surface area contributed by atoms with E-state index in [0.717, 1.165) is 25.9 Å². The van der Waals surface area contributed by atoms with Crippen molar-refractivity contribution in [1.82, 2.24) is 10.6 Å². The minimum atomic E-state index is -0.440. The Morgan fingerprint density at radius 2 is 1.91 bits per heavy atom. The van der Waals surface area contributed by atoms with Crippen molar-refractivity contribution in [1.29, 1.82) is 0 Å². The van der Waals surface area contributed by atoms with Gasteiger partial charge < -0.3 is 15.4 Å². The molecule has 2 unspecified atom stereocenters. The van der Waals surface area contributed by atoms with Crippen molar-refractivity contribution < 1.29 is 9.53 Å². The lowest BCUT2D eigenvalue weighted by Gasteiger charge is -2.22. The fraction of sp³-hybridized carbons (Fsp3) is 0.611. The molecule has 2 rings (SSSR count). The van der Waals surface area contributed by atoms with E-state index in [4.69, 9.17) is 4.74 Å². The predicted octanol–water partition coefficient (Wildman–Crippen LogP) is 2.98. The van der Waals surface area contributed by atoms with Gasteiger partial charge in [0.25, 0.3) is 0 Å². The first-order valence-corrected chi connectivity index (χ1v) is 8.15. The summed E-state index contributed by atoms with van der Waals surface area (Å²) in [6, 6.07) is 10.6. The number of amides is 1. The summed E-state index contributed by atoms with van der Waals surface area (Å²) in [5, 5.41) is 6.35. The van der Waals surface area contributed by atoms with Crippen molar-refractivity contribution in [2.24, 2.45) is 11.8 Å². The van der Waals surface area contributed by atoms with E-state index in [2.05, 4.69) is 34.9 Å². The van der Waals surface area contributed by atoms with Crippen LogP contribution < -0.4 is 10.6 Å². The standard InChI is InChI=1S/C18H28N2O2/c1-18(2,3)22-17(21)20-13-16-12-19-11-15(16)10-9-14-7-5-4-6-8-14/h4-8,15-16,19H,9-13H2,1-3H3,(H,20,21). The molecule has 1 aromatic carbocycles. The summed E-state index contributed by atoms with van der Waals surface area (Å²) in [6.45, 7) is 8.33. The molecule has 0 radical (unpaired) electrons. The third kappa shape index (κ3) is 5.68. The minimum Gasteiger partial charge on any atom is -0.444 e. The number of ether oxygens (including phenoxy) is 1. The molecule has 0 aromatic heterocycles. The van der Waals surface area contributed by atoms with Gasteiger partial charge in [-0.1, -0.05) is 30.3 Å². The molecule has 4 heteroatoms. The lowest BCUT2D eigenvalue weighted by molar-refractivity contribution is 0.0517. The summed E-state index contributed by atoms with van der Waals surface area (Å²) in [6.07, 6.45) is 1.93. The predicted molar refractivity (Wildman–Crippen MR) is 88.8 cm³/mol. The average Bonchev–Trinajstić information content (AvgIpc) is 2.90. The van der Waals surface area contributed by atoms with Crippen molar-refractivity contribution in [3.05, 3.63) is 35.9 Å². The summed E-state index contributed by atoms with van der Waals surface area (Å²) >= 11 is 0. The lowest BCUT2D eigenvalue weighted by atomic mass is 9.90. The van der Waals surface area contributed by atoms with Gasteiger partial charge in [-0.2, -0.15) is 0 Å². The fourth-order valence-corrected chi connectivity index (χ4v) is 2.89. The maximum absolute atomic E-state index is 11.7. The SMILES string of the molecule is CC(C)(C)OC(=O)NCC1CNCC1CCc1ccccc1. The van der Waals surface area contributed by atoms with Crippen molar-refractivity contribution >= 4 is 6.09 Å². The second-order valence-corrected chi connectivity index (χ2v) is 7.09. The van der Waals surface area contributed by atoms with Crippen LogP contribution in [0.5, 0.6) is 0 Å². The molecule has 0 spiro atoms. The zero-order valence-corrected chi connectivity index (χ0v) is 13.9. The monoisotopic (exact) mass is 304 g/mol. The van der Waals surface area contributed by atoms with Gasteiger partial charge in [-0.25, -0.2) is 4.79 Å². The first-order chi connectivity index (χ1) is 10.4. The molecular weight excluding hydrogens is 276 g/mol. The maximum Gasteiger partial charge on any atom is 0.407 e. The Morgan fingerprint density at radius 3 is 2.59 bits per heavy atom. The molecule has 0 bridgehead atoms. The van der Waals surface area contributed by atoms with Crippen molar-refractivity contribution in [3.8, 4) is 0 Å². The zero-order chi connectivity index (χ0) is 16.0. The van der Waals surface area contributed by atoms with Crippen molar-refractivity contribution in [2.75, 3.05) is 19.6 Å². The summed E-state index contributed by atoms with van der Waals surface area (Å²) in [5.74, 6) is 1.09. The average molecular weight is 304 g/mol. The van der Waals surface area contributed by atoms with Crippen LogP contribution in [0.2, 0.25) is 0 Å². The van der Waals surface area contributed by atoms with Crippen LogP contribution in [0.1, 0.15) is 32.8 Å². The van der Waals surface area contributed by atoms with Gasteiger partial charge >= 0.3 is 6.09 Å². The van der Waals surface area contributed by atoms with E-state index in [1.165, 1.54) is 5.56 Å². The molecule has 1 aromatic rings. The van der Waals surface area contributed by atoms with Crippen LogP contribution in [0.25, 0.3) is 0 Å². The summed E-state index contributed by atoms with van der Waals surface area (Å²) < 4.78 is 5.29. The van der Waals surface area contributed by atoms with Crippen LogP contribution in [0.4, 0.5) is 4.79 Å². The maximum atomic E-state index is 11.7. The lowest BCUT2D eigenvalue weighted by Crippen LogP contribution is -2.37. The Morgan fingerprint density at radius 1 is 1.23 bits per heavy atom. The highest BCUT2D eigenvalue weighted by molar-refractivity contribution is 5.67. The van der Waals surface area contributed by atoms with Gasteiger partial charge in [0.1, 0.15) is 5.60 Å². The Bertz CT molecular complexity index is 468. The fourth-order valence-electron chi connectivity index (χ4n) is 2.89. The highest BCUT2D eigenvalue weighted by Crippen LogP contribution is 2.22. The van der Waals surface area contributed by atoms with Gasteiger partial charge in [0.2, 0.25) is 0 Å². The molecule has 0 saturated carbocycles. The third-order valence-electron chi connectivity index (χ3n) is 4.03. The largest absolute Gasteiger partial charge is 0.444 e. The number of alkyl carbamates (subject to hydrolysis) is 1. The Balaban J connectivity index is 1.75. The molecule has 1 amide bonds. The van der Waals surface area contributed by atoms with E-state index in [0.29, 0.717) is 18.4 Å². The summed E-state index contributed by atoms with van der Waals surface area (Å²) in [4.78, 5) is 11.7. The quantitative estimate of drug-likeness (QED) is 0.879. The van der Waals surface area contributed by atoms with Crippen LogP contribution in [-0.2, 0) is 11.2 Å². The number of nitrogens with one attached hydrogen (secondary N) is 2. The number of rotatable bonds is 5. The number of hydrogen-bond donors (Lipinski definition) is 2. The highest BCUT2D eigenvalue weighted by atomic mass is 16.6.